The van der Waals surface area contributed by atoms with E-state index in [2.05, 4.69) is 4.99 Å². The summed E-state index contributed by atoms with van der Waals surface area (Å²) in [4.78, 5) is 19.5. The average molecular weight is 446 g/mol. The summed E-state index contributed by atoms with van der Waals surface area (Å²) in [6.45, 7) is 1.12. The van der Waals surface area contributed by atoms with Gasteiger partial charge in [0.05, 0.1) is 6.61 Å². The van der Waals surface area contributed by atoms with Crippen molar-refractivity contribution in [3.8, 4) is 16.9 Å². The Labute approximate surface area is 184 Å². The van der Waals surface area contributed by atoms with Crippen molar-refractivity contribution in [3.63, 3.8) is 0 Å². The first-order valence-corrected chi connectivity index (χ1v) is 10.6. The number of rotatable bonds is 1. The van der Waals surface area contributed by atoms with Crippen LogP contribution < -0.4 is 10.5 Å². The Kier molecular flexibility index (Phi) is 4.51. The molecule has 5 rings (SSSR count). The maximum atomic E-state index is 13.4. The van der Waals surface area contributed by atoms with E-state index < -0.39 is 11.1 Å². The number of nitrogens with two attached hydrogens (primary N) is 1. The van der Waals surface area contributed by atoms with E-state index in [9.17, 15) is 4.79 Å². The van der Waals surface area contributed by atoms with E-state index in [1.807, 2.05) is 30.3 Å². The summed E-state index contributed by atoms with van der Waals surface area (Å²) in [6, 6.07) is 11.1. The van der Waals surface area contributed by atoms with Crippen molar-refractivity contribution in [2.75, 3.05) is 20.3 Å². The van der Waals surface area contributed by atoms with Crippen molar-refractivity contribution < 1.29 is 14.3 Å². The van der Waals surface area contributed by atoms with Crippen LogP contribution in [-0.2, 0) is 15.1 Å². The Bertz CT molecular complexity index is 1060. The van der Waals surface area contributed by atoms with Gasteiger partial charge < -0.3 is 15.2 Å². The molecule has 0 radical (unpaired) electrons. The highest BCUT2D eigenvalue weighted by molar-refractivity contribution is 6.35. The zero-order valence-corrected chi connectivity index (χ0v) is 18.0. The summed E-state index contributed by atoms with van der Waals surface area (Å²) in [7, 11) is 1.65. The number of hydrogen-bond donors (Lipinski definition) is 1. The molecule has 2 atom stereocenters. The number of fused-ring (bicyclic) bond motifs is 2. The van der Waals surface area contributed by atoms with Crippen LogP contribution in [0.3, 0.4) is 0 Å². The molecule has 3 aliphatic rings. The van der Waals surface area contributed by atoms with Crippen molar-refractivity contribution >= 4 is 35.1 Å². The molecule has 3 heterocycles. The van der Waals surface area contributed by atoms with E-state index in [0.29, 0.717) is 41.0 Å². The van der Waals surface area contributed by atoms with Gasteiger partial charge in [-0.1, -0.05) is 29.3 Å². The molecule has 2 N–H and O–H groups in total. The Hall–Kier alpha value is -2.28. The van der Waals surface area contributed by atoms with Gasteiger partial charge in [-0.15, -0.1) is 0 Å². The quantitative estimate of drug-likeness (QED) is 0.719. The maximum absolute atomic E-state index is 13.4. The van der Waals surface area contributed by atoms with Crippen LogP contribution in [0.25, 0.3) is 11.1 Å². The van der Waals surface area contributed by atoms with Crippen LogP contribution in [0.2, 0.25) is 10.0 Å². The fraction of sp³-hybridized carbons (Fsp3) is 0.364. The number of amides is 1. The summed E-state index contributed by atoms with van der Waals surface area (Å²) < 4.78 is 12.2. The third-order valence-corrected chi connectivity index (χ3v) is 6.56. The smallest absolute Gasteiger partial charge is 0.261 e. The summed E-state index contributed by atoms with van der Waals surface area (Å²) in [6.07, 6.45) is 2.05. The molecule has 0 aliphatic carbocycles. The van der Waals surface area contributed by atoms with Gasteiger partial charge in [-0.25, -0.2) is 4.99 Å². The van der Waals surface area contributed by atoms with Gasteiger partial charge in [-0.3, -0.25) is 9.69 Å². The third kappa shape index (κ3) is 2.97. The lowest BCUT2D eigenvalue weighted by molar-refractivity contribution is -0.139. The van der Waals surface area contributed by atoms with E-state index >= 15 is 0 Å². The largest absolute Gasteiger partial charge is 0.484 e. The molecule has 3 aliphatic heterocycles. The van der Waals surface area contributed by atoms with Gasteiger partial charge in [-0.05, 0) is 54.3 Å². The molecule has 1 amide bonds. The summed E-state index contributed by atoms with van der Waals surface area (Å²) in [5.74, 6) is 0.676. The molecule has 1 saturated heterocycles. The summed E-state index contributed by atoms with van der Waals surface area (Å²) >= 11 is 12.4. The Morgan fingerprint density at radius 1 is 1.13 bits per heavy atom. The van der Waals surface area contributed by atoms with Gasteiger partial charge in [0.15, 0.2) is 11.5 Å². The Morgan fingerprint density at radius 3 is 2.53 bits per heavy atom. The van der Waals surface area contributed by atoms with Crippen LogP contribution in [0.15, 0.2) is 41.4 Å². The molecule has 2 aromatic carbocycles. The molecule has 6 nitrogen and oxygen atoms in total. The molecule has 1 fully saturated rings. The fourth-order valence-corrected chi connectivity index (χ4v) is 5.24. The molecule has 0 aromatic heterocycles. The molecule has 0 saturated carbocycles. The molecule has 0 bridgehead atoms. The minimum Gasteiger partial charge on any atom is -0.484 e. The normalized spacial score (nSPS) is 27.9. The van der Waals surface area contributed by atoms with E-state index in [1.165, 1.54) is 4.90 Å². The number of carbonyl (C=O) groups is 1. The number of hydrogen-bond acceptors (Lipinski definition) is 5. The minimum absolute atomic E-state index is 0.157. The van der Waals surface area contributed by atoms with Gasteiger partial charge in [-0.2, -0.15) is 0 Å². The van der Waals surface area contributed by atoms with Crippen molar-refractivity contribution in [3.05, 3.63) is 52.0 Å². The third-order valence-electron chi connectivity index (χ3n) is 6.12. The van der Waals surface area contributed by atoms with Crippen LogP contribution in [0.4, 0.5) is 0 Å². The highest BCUT2D eigenvalue weighted by Gasteiger charge is 2.58. The maximum Gasteiger partial charge on any atom is 0.261 e. The predicted octanol–water partition coefficient (Wildman–Crippen LogP) is 3.97. The van der Waals surface area contributed by atoms with Crippen LogP contribution in [0.5, 0.6) is 5.75 Å². The molecule has 1 unspecified atom stereocenters. The van der Waals surface area contributed by atoms with Crippen LogP contribution in [-0.4, -0.2) is 42.6 Å². The van der Waals surface area contributed by atoms with E-state index in [-0.39, 0.29) is 11.9 Å². The van der Waals surface area contributed by atoms with E-state index in [0.717, 1.165) is 24.0 Å². The highest BCUT2D eigenvalue weighted by Crippen LogP contribution is 2.51. The number of halogens is 2. The number of carbonyl (C=O) groups excluding carboxylic acids is 1. The molecule has 2 spiro atoms. The molecular weight excluding hydrogens is 425 g/mol. The second kappa shape index (κ2) is 6.87. The molecule has 30 heavy (non-hydrogen) atoms. The molecule has 8 heteroatoms. The second-order valence-electron chi connectivity index (χ2n) is 8.18. The number of ether oxygens (including phenoxy) is 2. The number of nitrogens with zero attached hydrogens (tertiary/aromatic N) is 2. The first kappa shape index (κ1) is 19.7. The molecule has 156 valence electrons. The molecular formula is C22H21Cl2N3O3. The number of likely N-dealkylation sites (N-methyl/N-ethyl adjacent to an activating group) is 1. The second-order valence-corrected chi connectivity index (χ2v) is 9.05. The van der Waals surface area contributed by atoms with Gasteiger partial charge in [0, 0.05) is 35.7 Å². The summed E-state index contributed by atoms with van der Waals surface area (Å²) in [5.41, 5.74) is 6.77. The van der Waals surface area contributed by atoms with Gasteiger partial charge in [0.2, 0.25) is 0 Å². The highest BCUT2D eigenvalue weighted by atomic mass is 35.5. The van der Waals surface area contributed by atoms with Crippen LogP contribution in [0.1, 0.15) is 24.8 Å². The first-order valence-electron chi connectivity index (χ1n) is 9.83. The number of guanidine groups is 1. The SMILES string of the molecule is CN1C(=O)[C@@]2(CC3(CCCOC3)Oc3ccc(-c4cc(Cl)cc(Cl)c4)cc32)N=C1N. The standard InChI is InChI=1S/C22H21Cl2N3O3/c1-27-19(28)22(26-20(27)25)11-21(5-2-6-29-12-21)30-18-4-3-13(9-17(18)22)14-7-15(23)10-16(24)8-14/h3-4,7-10H,2,5-6,11-12H2,1H3,(H2,25,26)/t21?,22-/m0/s1. The lowest BCUT2D eigenvalue weighted by atomic mass is 9.74. The zero-order valence-electron chi connectivity index (χ0n) is 16.5. The van der Waals surface area contributed by atoms with E-state index in [1.54, 1.807) is 13.1 Å². The predicted molar refractivity (Wildman–Crippen MR) is 116 cm³/mol. The molecule has 2 aromatic rings. The van der Waals surface area contributed by atoms with Gasteiger partial charge >= 0.3 is 0 Å². The number of aliphatic imine (C=N–C) groups is 1. The van der Waals surface area contributed by atoms with Crippen molar-refractivity contribution in [2.45, 2.75) is 30.4 Å². The minimum atomic E-state index is -1.13. The van der Waals surface area contributed by atoms with Crippen molar-refractivity contribution in [1.82, 2.24) is 4.90 Å². The van der Waals surface area contributed by atoms with Crippen LogP contribution in [0, 0.1) is 0 Å². The topological polar surface area (TPSA) is 77.2 Å². The zero-order chi connectivity index (χ0) is 21.1. The van der Waals surface area contributed by atoms with Crippen molar-refractivity contribution in [2.24, 2.45) is 10.7 Å². The monoisotopic (exact) mass is 445 g/mol. The Balaban J connectivity index is 1.69. The van der Waals surface area contributed by atoms with Gasteiger partial charge in [0.1, 0.15) is 11.4 Å². The lowest BCUT2D eigenvalue weighted by Gasteiger charge is -2.46. The van der Waals surface area contributed by atoms with E-state index in [4.69, 9.17) is 38.4 Å². The Morgan fingerprint density at radius 2 is 1.90 bits per heavy atom. The summed E-state index contributed by atoms with van der Waals surface area (Å²) in [5, 5.41) is 1.08. The van der Waals surface area contributed by atoms with Crippen molar-refractivity contribution in [1.29, 1.82) is 0 Å². The fourth-order valence-electron chi connectivity index (χ4n) is 4.71. The number of benzene rings is 2. The van der Waals surface area contributed by atoms with Crippen LogP contribution >= 0.6 is 23.2 Å². The lowest BCUT2D eigenvalue weighted by Crippen LogP contribution is -2.55. The first-order chi connectivity index (χ1) is 14.3. The average Bonchev–Trinajstić information content (AvgIpc) is 2.91. The van der Waals surface area contributed by atoms with Gasteiger partial charge in [0.25, 0.3) is 5.91 Å².